The molecule has 5 nitrogen and oxygen atoms in total. The Labute approximate surface area is 248 Å². The fraction of sp³-hybridized carbons (Fsp3) is 0.486. The van der Waals surface area contributed by atoms with Crippen molar-refractivity contribution < 1.29 is 18.4 Å². The summed E-state index contributed by atoms with van der Waals surface area (Å²) < 4.78 is 28.7. The first kappa shape index (κ1) is 30.1. The van der Waals surface area contributed by atoms with Gasteiger partial charge in [0.2, 0.25) is 5.91 Å². The van der Waals surface area contributed by atoms with Gasteiger partial charge in [-0.25, -0.2) is 8.78 Å². The fourth-order valence-electron chi connectivity index (χ4n) is 6.66. The van der Waals surface area contributed by atoms with Gasteiger partial charge < -0.3 is 10.2 Å². The molecule has 2 aromatic carbocycles. The lowest BCUT2D eigenvalue weighted by Crippen LogP contribution is -2.55. The van der Waals surface area contributed by atoms with Gasteiger partial charge in [0.15, 0.2) is 0 Å². The molecule has 2 aromatic rings. The molecular weight excluding hydrogens is 532 g/mol. The van der Waals surface area contributed by atoms with Gasteiger partial charge in [-0.1, -0.05) is 63.3 Å². The van der Waals surface area contributed by atoms with Gasteiger partial charge >= 0.3 is 0 Å². The maximum atomic E-state index is 15.0. The van der Waals surface area contributed by atoms with Crippen molar-refractivity contribution in [1.29, 1.82) is 0 Å². The third kappa shape index (κ3) is 6.67. The van der Waals surface area contributed by atoms with Crippen LogP contribution in [0.15, 0.2) is 66.3 Å². The number of nitrogens with one attached hydrogen (secondary N) is 1. The molecule has 0 spiro atoms. The minimum absolute atomic E-state index is 0.0634. The van der Waals surface area contributed by atoms with E-state index in [0.29, 0.717) is 50.9 Å². The molecule has 2 aliphatic heterocycles. The van der Waals surface area contributed by atoms with Crippen LogP contribution in [0.2, 0.25) is 0 Å². The van der Waals surface area contributed by atoms with Crippen LogP contribution >= 0.6 is 0 Å². The first-order valence-electron chi connectivity index (χ1n) is 15.2. The number of halogens is 2. The van der Waals surface area contributed by atoms with Gasteiger partial charge in [-0.2, -0.15) is 0 Å². The van der Waals surface area contributed by atoms with Crippen LogP contribution < -0.4 is 5.32 Å². The van der Waals surface area contributed by atoms with E-state index >= 15 is 0 Å². The van der Waals surface area contributed by atoms with Gasteiger partial charge in [-0.3, -0.25) is 14.5 Å². The number of rotatable bonds is 6. The number of alkyl halides is 1. The number of likely N-dealkylation sites (tertiary alicyclic amines) is 2. The van der Waals surface area contributed by atoms with Crippen LogP contribution in [0.1, 0.15) is 67.9 Å². The van der Waals surface area contributed by atoms with E-state index in [9.17, 15) is 18.4 Å². The number of piperidine rings is 1. The SMILES string of the molecule is Cc1cccc(F)c1C(=O)N1CCC[C@H](C(=O)Nc2cccc(C(C)(C)C)c2)[C@@H]1C1C=CC(CN2CC[C@H](F)C2)=CC1. The van der Waals surface area contributed by atoms with Gasteiger partial charge in [0.25, 0.3) is 5.91 Å². The lowest BCUT2D eigenvalue weighted by molar-refractivity contribution is -0.123. The third-order valence-electron chi connectivity index (χ3n) is 8.99. The molecular formula is C35H43F2N3O2. The molecule has 42 heavy (non-hydrogen) atoms. The molecule has 1 unspecified atom stereocenters. The quantitative estimate of drug-likeness (QED) is 0.411. The van der Waals surface area contributed by atoms with Crippen LogP contribution in [-0.2, 0) is 10.2 Å². The van der Waals surface area contributed by atoms with Crippen molar-refractivity contribution in [3.8, 4) is 0 Å². The summed E-state index contributed by atoms with van der Waals surface area (Å²) in [4.78, 5) is 31.8. The Kier molecular flexibility index (Phi) is 8.97. The van der Waals surface area contributed by atoms with Crippen molar-refractivity contribution in [2.75, 3.05) is 31.5 Å². The number of allylic oxidation sites excluding steroid dienone is 1. The summed E-state index contributed by atoms with van der Waals surface area (Å²) in [5.41, 5.74) is 3.58. The van der Waals surface area contributed by atoms with Gasteiger partial charge in [0.1, 0.15) is 12.0 Å². The highest BCUT2D eigenvalue weighted by Gasteiger charge is 2.43. The van der Waals surface area contributed by atoms with Gasteiger partial charge in [0, 0.05) is 37.8 Å². The molecule has 1 aliphatic carbocycles. The maximum Gasteiger partial charge on any atom is 0.257 e. The first-order chi connectivity index (χ1) is 20.0. The Bertz CT molecular complexity index is 1360. The van der Waals surface area contributed by atoms with Crippen molar-refractivity contribution in [3.05, 3.63) is 88.8 Å². The third-order valence-corrected chi connectivity index (χ3v) is 8.99. The summed E-state index contributed by atoms with van der Waals surface area (Å²) in [5.74, 6) is -1.58. The van der Waals surface area contributed by atoms with Crippen LogP contribution in [0.25, 0.3) is 0 Å². The lowest BCUT2D eigenvalue weighted by atomic mass is 9.77. The molecule has 4 atom stereocenters. The highest BCUT2D eigenvalue weighted by Crippen LogP contribution is 2.36. The van der Waals surface area contributed by atoms with Crippen LogP contribution in [0.4, 0.5) is 14.5 Å². The zero-order valence-corrected chi connectivity index (χ0v) is 25.2. The highest BCUT2D eigenvalue weighted by atomic mass is 19.1. The van der Waals surface area contributed by atoms with Crippen molar-refractivity contribution in [1.82, 2.24) is 9.80 Å². The van der Waals surface area contributed by atoms with Crippen molar-refractivity contribution in [2.24, 2.45) is 11.8 Å². The summed E-state index contributed by atoms with van der Waals surface area (Å²) in [6, 6.07) is 12.2. The van der Waals surface area contributed by atoms with E-state index in [0.717, 1.165) is 23.4 Å². The number of hydrogen-bond acceptors (Lipinski definition) is 3. The lowest BCUT2D eigenvalue weighted by Gasteiger charge is -2.44. The second kappa shape index (κ2) is 12.5. The van der Waals surface area contributed by atoms with Crippen LogP contribution in [0.3, 0.4) is 0 Å². The maximum absolute atomic E-state index is 15.0. The highest BCUT2D eigenvalue weighted by molar-refractivity contribution is 5.98. The van der Waals surface area contributed by atoms with E-state index in [2.05, 4.69) is 55.3 Å². The van der Waals surface area contributed by atoms with Crippen molar-refractivity contribution >= 4 is 17.5 Å². The zero-order chi connectivity index (χ0) is 30.0. The van der Waals surface area contributed by atoms with E-state index < -0.39 is 23.9 Å². The largest absolute Gasteiger partial charge is 0.334 e. The average Bonchev–Trinajstić information content (AvgIpc) is 3.36. The second-order valence-corrected chi connectivity index (χ2v) is 13.1. The molecule has 0 saturated carbocycles. The predicted octanol–water partition coefficient (Wildman–Crippen LogP) is 6.84. The van der Waals surface area contributed by atoms with Gasteiger partial charge in [-0.05, 0) is 72.9 Å². The summed E-state index contributed by atoms with van der Waals surface area (Å²) in [6.45, 7) is 10.5. The van der Waals surface area contributed by atoms with E-state index in [1.165, 1.54) is 6.07 Å². The minimum atomic E-state index is -0.766. The molecule has 0 aromatic heterocycles. The van der Waals surface area contributed by atoms with Crippen molar-refractivity contribution in [3.63, 3.8) is 0 Å². The van der Waals surface area contributed by atoms with E-state index in [-0.39, 0.29) is 28.7 Å². The van der Waals surface area contributed by atoms with E-state index in [1.54, 1.807) is 24.0 Å². The second-order valence-electron chi connectivity index (χ2n) is 13.1. The average molecular weight is 576 g/mol. The molecule has 1 N–H and O–H groups in total. The molecule has 5 rings (SSSR count). The Hall–Kier alpha value is -3.32. The molecule has 2 amide bonds. The Morgan fingerprint density at radius 2 is 1.86 bits per heavy atom. The topological polar surface area (TPSA) is 52.7 Å². The molecule has 2 fully saturated rings. The van der Waals surface area contributed by atoms with E-state index in [4.69, 9.17) is 0 Å². The standard InChI is InChI=1S/C35H43F2N3O2/c1-23-8-5-12-30(37)31(23)34(42)40-18-7-11-29(33(41)38-28-10-6-9-26(20-28)35(2,3)4)32(40)25-15-13-24(14-16-25)21-39-19-17-27(36)22-39/h5-6,8-10,12-15,20,25,27,29,32H,7,11,16-19,21-22H2,1-4H3,(H,38,41)/t25?,27-,29-,32-/m0/s1. The van der Waals surface area contributed by atoms with E-state index in [1.807, 2.05) is 18.2 Å². The zero-order valence-electron chi connectivity index (χ0n) is 25.2. The number of anilines is 1. The summed E-state index contributed by atoms with van der Waals surface area (Å²) in [5, 5.41) is 3.14. The van der Waals surface area contributed by atoms with Gasteiger partial charge in [0.05, 0.1) is 17.5 Å². The van der Waals surface area contributed by atoms with Gasteiger partial charge in [-0.15, -0.1) is 0 Å². The van der Waals surface area contributed by atoms with Crippen molar-refractivity contribution in [2.45, 2.75) is 71.0 Å². The summed E-state index contributed by atoms with van der Waals surface area (Å²) in [7, 11) is 0. The predicted molar refractivity (Wildman–Crippen MR) is 164 cm³/mol. The molecule has 0 bridgehead atoms. The van der Waals surface area contributed by atoms with Crippen LogP contribution in [0.5, 0.6) is 0 Å². The van der Waals surface area contributed by atoms with Crippen LogP contribution in [0, 0.1) is 24.6 Å². The molecule has 7 heteroatoms. The molecule has 224 valence electrons. The molecule has 0 radical (unpaired) electrons. The first-order valence-corrected chi connectivity index (χ1v) is 15.2. The monoisotopic (exact) mass is 575 g/mol. The summed E-state index contributed by atoms with van der Waals surface area (Å²) in [6.07, 6.45) is 8.09. The number of nitrogens with zero attached hydrogens (tertiary/aromatic N) is 2. The number of carbonyl (C=O) groups is 2. The summed E-state index contributed by atoms with van der Waals surface area (Å²) >= 11 is 0. The normalized spacial score (nSPS) is 24.9. The number of amides is 2. The minimum Gasteiger partial charge on any atom is -0.334 e. The fourth-order valence-corrected chi connectivity index (χ4v) is 6.66. The van der Waals surface area contributed by atoms with Crippen LogP contribution in [-0.4, -0.2) is 60.0 Å². The molecule has 3 aliphatic rings. The Morgan fingerprint density at radius 1 is 1.07 bits per heavy atom. The Morgan fingerprint density at radius 3 is 2.52 bits per heavy atom. The number of hydrogen-bond donors (Lipinski definition) is 1. The Balaban J connectivity index is 1.42. The molecule has 2 saturated heterocycles. The number of benzene rings is 2. The smallest absolute Gasteiger partial charge is 0.257 e. The number of carbonyl (C=O) groups excluding carboxylic acids is 2. The number of aryl methyl sites for hydroxylation is 1. The molecule has 2 heterocycles.